The van der Waals surface area contributed by atoms with E-state index in [2.05, 4.69) is 46.8 Å². The molecule has 0 aromatic heterocycles. The molecule has 21 heavy (non-hydrogen) atoms. The Morgan fingerprint density at radius 3 is 2.95 bits per heavy atom. The summed E-state index contributed by atoms with van der Waals surface area (Å²) in [5, 5.41) is 6.29. The minimum absolute atomic E-state index is 0.00852. The Morgan fingerprint density at radius 2 is 2.24 bits per heavy atom. The van der Waals surface area contributed by atoms with Crippen molar-refractivity contribution in [3.05, 3.63) is 35.9 Å². The molecule has 1 aromatic rings. The molecule has 1 aromatic carbocycles. The lowest BCUT2D eigenvalue weighted by Crippen LogP contribution is -2.49. The number of carbonyl (C=O) groups is 1. The number of hydrogen-bond donors (Lipinski definition) is 2. The zero-order valence-electron chi connectivity index (χ0n) is 12.7. The molecular formula is C16H25N3OS. The molecule has 2 N–H and O–H groups in total. The van der Waals surface area contributed by atoms with Crippen molar-refractivity contribution in [3.63, 3.8) is 0 Å². The fourth-order valence-corrected chi connectivity index (χ4v) is 3.33. The van der Waals surface area contributed by atoms with Crippen molar-refractivity contribution in [1.29, 1.82) is 0 Å². The second-order valence-electron chi connectivity index (χ2n) is 5.45. The number of hydrogen-bond acceptors (Lipinski definition) is 4. The van der Waals surface area contributed by atoms with E-state index in [1.807, 2.05) is 17.8 Å². The molecule has 1 aliphatic rings. The Morgan fingerprint density at radius 1 is 1.43 bits per heavy atom. The number of nitrogens with one attached hydrogen (secondary N) is 2. The van der Waals surface area contributed by atoms with E-state index >= 15 is 0 Å². The number of nitrogens with zero attached hydrogens (tertiary/aromatic N) is 1. The number of carbonyl (C=O) groups excluding carboxylic acids is 1. The maximum absolute atomic E-state index is 11.9. The van der Waals surface area contributed by atoms with Crippen molar-refractivity contribution in [3.8, 4) is 0 Å². The van der Waals surface area contributed by atoms with Gasteiger partial charge in [-0.3, -0.25) is 4.79 Å². The summed E-state index contributed by atoms with van der Waals surface area (Å²) in [6, 6.07) is 10.5. The molecule has 1 saturated heterocycles. The lowest BCUT2D eigenvalue weighted by Gasteiger charge is -2.22. The average molecular weight is 307 g/mol. The van der Waals surface area contributed by atoms with Gasteiger partial charge in [0.2, 0.25) is 5.91 Å². The highest BCUT2D eigenvalue weighted by atomic mass is 32.2. The van der Waals surface area contributed by atoms with E-state index in [-0.39, 0.29) is 11.9 Å². The van der Waals surface area contributed by atoms with Crippen LogP contribution in [0.1, 0.15) is 12.0 Å². The topological polar surface area (TPSA) is 44.4 Å². The summed E-state index contributed by atoms with van der Waals surface area (Å²) in [5.74, 6) is 2.14. The van der Waals surface area contributed by atoms with E-state index in [1.165, 1.54) is 5.56 Å². The third-order valence-electron chi connectivity index (χ3n) is 3.55. The fourth-order valence-electron chi connectivity index (χ4n) is 2.39. The van der Waals surface area contributed by atoms with Crippen molar-refractivity contribution < 1.29 is 4.79 Å². The fraction of sp³-hybridized carbons (Fsp3) is 0.562. The summed E-state index contributed by atoms with van der Waals surface area (Å²) in [6.45, 7) is 3.63. The molecule has 5 heteroatoms. The van der Waals surface area contributed by atoms with Crippen LogP contribution in [0.25, 0.3) is 0 Å². The van der Waals surface area contributed by atoms with E-state index in [4.69, 9.17) is 0 Å². The third-order valence-corrected chi connectivity index (χ3v) is 4.61. The van der Waals surface area contributed by atoms with Crippen LogP contribution < -0.4 is 10.6 Å². The van der Waals surface area contributed by atoms with Crippen LogP contribution in [-0.2, 0) is 11.3 Å². The number of benzene rings is 1. The molecule has 0 spiro atoms. The first-order chi connectivity index (χ1) is 10.3. The SMILES string of the molecule is CN(CCCNC(=O)C1CSCCN1)Cc1ccccc1. The number of amides is 1. The van der Waals surface area contributed by atoms with E-state index in [1.54, 1.807) is 0 Å². The van der Waals surface area contributed by atoms with Crippen LogP contribution >= 0.6 is 11.8 Å². The van der Waals surface area contributed by atoms with Crippen LogP contribution in [0, 0.1) is 0 Å². The van der Waals surface area contributed by atoms with Crippen molar-refractivity contribution in [2.45, 2.75) is 19.0 Å². The van der Waals surface area contributed by atoms with Gasteiger partial charge in [0.1, 0.15) is 0 Å². The highest BCUT2D eigenvalue weighted by molar-refractivity contribution is 7.99. The highest BCUT2D eigenvalue weighted by Gasteiger charge is 2.19. The average Bonchev–Trinajstić information content (AvgIpc) is 2.53. The first-order valence-corrected chi connectivity index (χ1v) is 8.72. The zero-order chi connectivity index (χ0) is 14.9. The molecule has 1 fully saturated rings. The quantitative estimate of drug-likeness (QED) is 0.746. The highest BCUT2D eigenvalue weighted by Crippen LogP contribution is 2.07. The minimum Gasteiger partial charge on any atom is -0.355 e. The molecular weight excluding hydrogens is 282 g/mol. The summed E-state index contributed by atoms with van der Waals surface area (Å²) in [4.78, 5) is 14.2. The summed E-state index contributed by atoms with van der Waals surface area (Å²) in [5.41, 5.74) is 1.33. The van der Waals surface area contributed by atoms with Gasteiger partial charge in [0.05, 0.1) is 6.04 Å². The van der Waals surface area contributed by atoms with E-state index < -0.39 is 0 Å². The van der Waals surface area contributed by atoms with Crippen LogP contribution in [0.2, 0.25) is 0 Å². The van der Waals surface area contributed by atoms with Gasteiger partial charge in [-0.05, 0) is 25.6 Å². The van der Waals surface area contributed by atoms with Crippen molar-refractivity contribution in [1.82, 2.24) is 15.5 Å². The number of rotatable bonds is 7. The molecule has 1 heterocycles. The van der Waals surface area contributed by atoms with Gasteiger partial charge in [-0.1, -0.05) is 30.3 Å². The van der Waals surface area contributed by atoms with Crippen LogP contribution in [0.15, 0.2) is 30.3 Å². The largest absolute Gasteiger partial charge is 0.355 e. The number of thioether (sulfide) groups is 1. The molecule has 1 unspecified atom stereocenters. The Balaban J connectivity index is 1.57. The Kier molecular flexibility index (Phi) is 7.06. The molecule has 0 radical (unpaired) electrons. The normalized spacial score (nSPS) is 18.7. The minimum atomic E-state index is -0.00852. The van der Waals surface area contributed by atoms with Gasteiger partial charge in [-0.25, -0.2) is 0 Å². The van der Waals surface area contributed by atoms with Crippen molar-refractivity contribution in [2.24, 2.45) is 0 Å². The molecule has 1 atom stereocenters. The third kappa shape index (κ3) is 6.08. The van der Waals surface area contributed by atoms with Gasteiger partial charge in [0, 0.05) is 31.1 Å². The summed E-state index contributed by atoms with van der Waals surface area (Å²) in [7, 11) is 2.12. The standard InChI is InChI=1S/C16H25N3OS/c1-19(12-14-6-3-2-4-7-14)10-5-8-18-16(20)15-13-21-11-9-17-15/h2-4,6-7,15,17H,5,8-13H2,1H3,(H,18,20). The molecule has 4 nitrogen and oxygen atoms in total. The van der Waals surface area contributed by atoms with Crippen LogP contribution in [0.5, 0.6) is 0 Å². The molecule has 116 valence electrons. The monoisotopic (exact) mass is 307 g/mol. The van der Waals surface area contributed by atoms with Gasteiger partial charge in [-0.2, -0.15) is 11.8 Å². The van der Waals surface area contributed by atoms with E-state index in [9.17, 15) is 4.79 Å². The predicted octanol–water partition coefficient (Wildman–Crippen LogP) is 1.33. The Labute approximate surface area is 131 Å². The van der Waals surface area contributed by atoms with Gasteiger partial charge in [0.25, 0.3) is 0 Å². The zero-order valence-corrected chi connectivity index (χ0v) is 13.5. The van der Waals surface area contributed by atoms with Gasteiger partial charge in [-0.15, -0.1) is 0 Å². The summed E-state index contributed by atoms with van der Waals surface area (Å²) < 4.78 is 0. The molecule has 0 aliphatic carbocycles. The van der Waals surface area contributed by atoms with Crippen LogP contribution in [-0.4, -0.2) is 55.0 Å². The van der Waals surface area contributed by atoms with Gasteiger partial charge < -0.3 is 15.5 Å². The lowest BCUT2D eigenvalue weighted by molar-refractivity contribution is -0.122. The van der Waals surface area contributed by atoms with Gasteiger partial charge in [0.15, 0.2) is 0 Å². The second kappa shape index (κ2) is 9.07. The molecule has 0 saturated carbocycles. The summed E-state index contributed by atoms with van der Waals surface area (Å²) >= 11 is 1.85. The van der Waals surface area contributed by atoms with E-state index in [0.717, 1.165) is 44.1 Å². The molecule has 1 aliphatic heterocycles. The lowest BCUT2D eigenvalue weighted by atomic mass is 10.2. The molecule has 2 rings (SSSR count). The molecule has 0 bridgehead atoms. The first-order valence-electron chi connectivity index (χ1n) is 7.57. The molecule has 1 amide bonds. The van der Waals surface area contributed by atoms with Gasteiger partial charge >= 0.3 is 0 Å². The second-order valence-corrected chi connectivity index (χ2v) is 6.60. The Hall–Kier alpha value is -1.04. The predicted molar refractivity (Wildman–Crippen MR) is 89.5 cm³/mol. The van der Waals surface area contributed by atoms with Crippen LogP contribution in [0.4, 0.5) is 0 Å². The van der Waals surface area contributed by atoms with E-state index in [0.29, 0.717) is 0 Å². The maximum atomic E-state index is 11.9. The first kappa shape index (κ1) is 16.3. The summed E-state index contributed by atoms with van der Waals surface area (Å²) in [6.07, 6.45) is 0.981. The Bertz CT molecular complexity index is 421. The van der Waals surface area contributed by atoms with Crippen molar-refractivity contribution in [2.75, 3.05) is 38.2 Å². The smallest absolute Gasteiger partial charge is 0.237 e. The maximum Gasteiger partial charge on any atom is 0.237 e. The van der Waals surface area contributed by atoms with Crippen molar-refractivity contribution >= 4 is 17.7 Å². The van der Waals surface area contributed by atoms with Crippen LogP contribution in [0.3, 0.4) is 0 Å².